The molecule has 140 valence electrons. The molecule has 0 spiro atoms. The zero-order chi connectivity index (χ0) is 18.7. The van der Waals surface area contributed by atoms with Gasteiger partial charge < -0.3 is 20.4 Å². The Labute approximate surface area is 161 Å². The Bertz CT molecular complexity index is 783. The normalized spacial score (nSPS) is 16.5. The van der Waals surface area contributed by atoms with Crippen LogP contribution in [-0.2, 0) is 0 Å². The molecule has 1 fully saturated rings. The van der Waals surface area contributed by atoms with Crippen LogP contribution in [0.1, 0.15) is 25.8 Å². The Balaban J connectivity index is 1.79. The highest BCUT2D eigenvalue weighted by Gasteiger charge is 2.16. The summed E-state index contributed by atoms with van der Waals surface area (Å²) < 4.78 is 0. The van der Waals surface area contributed by atoms with Gasteiger partial charge in [-0.2, -0.15) is 0 Å². The first-order valence-electron chi connectivity index (χ1n) is 9.38. The second-order valence-corrected chi connectivity index (χ2v) is 7.64. The summed E-state index contributed by atoms with van der Waals surface area (Å²) in [6.45, 7) is 10.7. The number of hydrogen-bond acceptors (Lipinski definition) is 4. The first-order chi connectivity index (χ1) is 12.5. The zero-order valence-corrected chi connectivity index (χ0v) is 17.0. The van der Waals surface area contributed by atoms with Crippen LogP contribution < -0.4 is 15.5 Å². The smallest absolute Gasteiger partial charge is 0.170 e. The minimum absolute atomic E-state index is 0.366. The predicted octanol–water partition coefficient (Wildman–Crippen LogP) is 3.38. The second kappa shape index (κ2) is 8.18. The third-order valence-electron chi connectivity index (χ3n) is 5.08. The summed E-state index contributed by atoms with van der Waals surface area (Å²) in [4.78, 5) is 9.64. The maximum Gasteiger partial charge on any atom is 0.170 e. The van der Waals surface area contributed by atoms with Crippen LogP contribution in [0.3, 0.4) is 0 Å². The molecule has 3 rings (SSSR count). The molecule has 2 heterocycles. The van der Waals surface area contributed by atoms with E-state index in [-0.39, 0.29) is 0 Å². The predicted molar refractivity (Wildman–Crippen MR) is 115 cm³/mol. The molecule has 0 amide bonds. The van der Waals surface area contributed by atoms with E-state index in [4.69, 9.17) is 17.2 Å². The summed E-state index contributed by atoms with van der Waals surface area (Å²) in [5, 5.41) is 8.41. The number of nitrogens with one attached hydrogen (secondary N) is 2. The maximum atomic E-state index is 5.40. The monoisotopic (exact) mass is 371 g/mol. The lowest BCUT2D eigenvalue weighted by Gasteiger charge is -2.33. The zero-order valence-electron chi connectivity index (χ0n) is 16.2. The van der Waals surface area contributed by atoms with Gasteiger partial charge in [-0.05, 0) is 69.4 Å². The largest absolute Gasteiger partial charge is 0.360 e. The standard InChI is InChI=1S/C20H29N5S/c1-5-15(3)21-20(26)22-16-6-7-18-17(13-16)14(2)12-19(23-18)25-10-8-24(4)9-11-25/h6-7,12-13,15H,5,8-11H2,1-4H3,(H2,21,22,26)/t15-/m1/s1. The van der Waals surface area contributed by atoms with Gasteiger partial charge in [-0.1, -0.05) is 6.92 Å². The molecule has 26 heavy (non-hydrogen) atoms. The number of rotatable bonds is 4. The van der Waals surface area contributed by atoms with Crippen molar-refractivity contribution in [2.75, 3.05) is 43.4 Å². The molecule has 0 aliphatic carbocycles. The number of nitrogens with zero attached hydrogens (tertiary/aromatic N) is 3. The molecule has 1 aromatic carbocycles. The van der Waals surface area contributed by atoms with Crippen molar-refractivity contribution in [2.24, 2.45) is 0 Å². The number of thiocarbonyl (C=S) groups is 1. The quantitative estimate of drug-likeness (QED) is 0.804. The van der Waals surface area contributed by atoms with Crippen LogP contribution in [0.2, 0.25) is 0 Å². The molecule has 5 nitrogen and oxygen atoms in total. The van der Waals surface area contributed by atoms with Crippen molar-refractivity contribution in [3.8, 4) is 0 Å². The molecule has 1 aliphatic rings. The molecule has 1 saturated heterocycles. The van der Waals surface area contributed by atoms with Crippen LogP contribution in [0.15, 0.2) is 24.3 Å². The molecule has 6 heteroatoms. The Morgan fingerprint density at radius 1 is 1.23 bits per heavy atom. The average Bonchev–Trinajstić information content (AvgIpc) is 2.62. The Kier molecular flexibility index (Phi) is 5.94. The number of piperazine rings is 1. The van der Waals surface area contributed by atoms with Gasteiger partial charge in [0.25, 0.3) is 0 Å². The van der Waals surface area contributed by atoms with E-state index in [1.54, 1.807) is 0 Å². The van der Waals surface area contributed by atoms with E-state index in [2.05, 4.69) is 66.5 Å². The van der Waals surface area contributed by atoms with E-state index < -0.39 is 0 Å². The summed E-state index contributed by atoms with van der Waals surface area (Å²) in [5.41, 5.74) is 3.27. The van der Waals surface area contributed by atoms with Gasteiger partial charge >= 0.3 is 0 Å². The number of fused-ring (bicyclic) bond motifs is 1. The van der Waals surface area contributed by atoms with Crippen LogP contribution in [0, 0.1) is 6.92 Å². The number of benzene rings is 1. The SMILES string of the molecule is CC[C@@H](C)NC(=S)Nc1ccc2nc(N3CCN(C)CC3)cc(C)c2c1. The third-order valence-corrected chi connectivity index (χ3v) is 5.30. The van der Waals surface area contributed by atoms with Crippen molar-refractivity contribution in [3.05, 3.63) is 29.8 Å². The number of aryl methyl sites for hydroxylation is 1. The van der Waals surface area contributed by atoms with Crippen LogP contribution in [-0.4, -0.2) is 54.3 Å². The minimum Gasteiger partial charge on any atom is -0.360 e. The highest BCUT2D eigenvalue weighted by molar-refractivity contribution is 7.80. The molecule has 0 bridgehead atoms. The molecular formula is C20H29N5S. The molecule has 0 unspecified atom stereocenters. The van der Waals surface area contributed by atoms with Gasteiger partial charge in [0, 0.05) is 43.3 Å². The third kappa shape index (κ3) is 4.43. The van der Waals surface area contributed by atoms with Gasteiger partial charge in [0.05, 0.1) is 5.52 Å². The van der Waals surface area contributed by atoms with Crippen molar-refractivity contribution < 1.29 is 0 Å². The molecule has 0 saturated carbocycles. The Hall–Kier alpha value is -1.92. The molecule has 1 aliphatic heterocycles. The molecule has 0 radical (unpaired) electrons. The van der Waals surface area contributed by atoms with E-state index in [9.17, 15) is 0 Å². The first kappa shape index (κ1) is 18.9. The topological polar surface area (TPSA) is 43.4 Å². The van der Waals surface area contributed by atoms with Gasteiger partial charge in [-0.3, -0.25) is 0 Å². The van der Waals surface area contributed by atoms with Crippen molar-refractivity contribution in [3.63, 3.8) is 0 Å². The summed E-state index contributed by atoms with van der Waals surface area (Å²) in [7, 11) is 2.17. The first-order valence-corrected chi connectivity index (χ1v) is 9.79. The van der Waals surface area contributed by atoms with Crippen LogP contribution in [0.25, 0.3) is 10.9 Å². The Morgan fingerprint density at radius 3 is 2.65 bits per heavy atom. The average molecular weight is 372 g/mol. The van der Waals surface area contributed by atoms with Gasteiger partial charge in [-0.15, -0.1) is 0 Å². The van der Waals surface area contributed by atoms with Crippen LogP contribution >= 0.6 is 12.2 Å². The van der Waals surface area contributed by atoms with E-state index in [0.29, 0.717) is 11.2 Å². The fraction of sp³-hybridized carbons (Fsp3) is 0.500. The lowest BCUT2D eigenvalue weighted by atomic mass is 10.1. The molecule has 2 N–H and O–H groups in total. The van der Waals surface area contributed by atoms with Gasteiger partial charge in [0.15, 0.2) is 5.11 Å². The summed E-state index contributed by atoms with van der Waals surface area (Å²) in [6, 6.07) is 8.83. The number of anilines is 2. The van der Waals surface area contributed by atoms with Gasteiger partial charge in [0.2, 0.25) is 0 Å². The van der Waals surface area contributed by atoms with Crippen LogP contribution in [0.4, 0.5) is 11.5 Å². The minimum atomic E-state index is 0.366. The number of aromatic nitrogens is 1. The summed E-state index contributed by atoms with van der Waals surface area (Å²) in [5.74, 6) is 1.08. The second-order valence-electron chi connectivity index (χ2n) is 7.23. The van der Waals surface area contributed by atoms with E-state index >= 15 is 0 Å². The number of hydrogen-bond donors (Lipinski definition) is 2. The van der Waals surface area contributed by atoms with Crippen LogP contribution in [0.5, 0.6) is 0 Å². The lowest BCUT2D eigenvalue weighted by Crippen LogP contribution is -2.44. The van der Waals surface area contributed by atoms with E-state index in [0.717, 1.165) is 49.6 Å². The molecule has 2 aromatic rings. The van der Waals surface area contributed by atoms with Gasteiger partial charge in [-0.25, -0.2) is 4.98 Å². The molecular weight excluding hydrogens is 342 g/mol. The van der Waals surface area contributed by atoms with Crippen molar-refractivity contribution in [1.82, 2.24) is 15.2 Å². The van der Waals surface area contributed by atoms with E-state index in [1.807, 2.05) is 6.07 Å². The molecule has 1 aromatic heterocycles. The van der Waals surface area contributed by atoms with Crippen molar-refractivity contribution >= 4 is 39.7 Å². The molecule has 1 atom stereocenters. The lowest BCUT2D eigenvalue weighted by molar-refractivity contribution is 0.312. The highest BCUT2D eigenvalue weighted by Crippen LogP contribution is 2.26. The van der Waals surface area contributed by atoms with Crippen molar-refractivity contribution in [1.29, 1.82) is 0 Å². The fourth-order valence-corrected chi connectivity index (χ4v) is 3.46. The van der Waals surface area contributed by atoms with Crippen molar-refractivity contribution in [2.45, 2.75) is 33.2 Å². The Morgan fingerprint density at radius 2 is 1.96 bits per heavy atom. The maximum absolute atomic E-state index is 5.40. The highest BCUT2D eigenvalue weighted by atomic mass is 32.1. The van der Waals surface area contributed by atoms with E-state index in [1.165, 1.54) is 10.9 Å². The van der Waals surface area contributed by atoms with Gasteiger partial charge in [0.1, 0.15) is 5.82 Å². The summed E-state index contributed by atoms with van der Waals surface area (Å²) >= 11 is 5.40. The summed E-state index contributed by atoms with van der Waals surface area (Å²) in [6.07, 6.45) is 1.04. The fourth-order valence-electron chi connectivity index (χ4n) is 3.14. The number of likely N-dealkylation sites (N-methyl/N-ethyl adjacent to an activating group) is 1. The number of pyridine rings is 1.